The molecule has 0 radical (unpaired) electrons. The molecule has 1 spiro atoms. The third-order valence-electron chi connectivity index (χ3n) is 3.65. The average Bonchev–Trinajstić information content (AvgIpc) is 2.60. The molecule has 1 atom stereocenters. The molecule has 16 heavy (non-hydrogen) atoms. The number of benzene rings is 1. The van der Waals surface area contributed by atoms with Gasteiger partial charge < -0.3 is 11.1 Å². The lowest BCUT2D eigenvalue weighted by Crippen LogP contribution is -2.50. The largest absolute Gasteiger partial charge is 0.399 e. The van der Waals surface area contributed by atoms with E-state index in [9.17, 15) is 4.79 Å². The van der Waals surface area contributed by atoms with Gasteiger partial charge in [-0.05, 0) is 42.5 Å². The molecule has 4 heteroatoms. The van der Waals surface area contributed by atoms with Crippen molar-refractivity contribution in [3.05, 3.63) is 29.3 Å². The van der Waals surface area contributed by atoms with Crippen LogP contribution in [0.1, 0.15) is 17.5 Å². The Balaban J connectivity index is 1.99. The van der Waals surface area contributed by atoms with Gasteiger partial charge in [0.25, 0.3) is 0 Å². The number of hydrogen-bond donors (Lipinski definition) is 3. The van der Waals surface area contributed by atoms with Crippen LogP contribution in [0.25, 0.3) is 0 Å². The molecule has 0 bridgehead atoms. The Hall–Kier alpha value is -1.55. The van der Waals surface area contributed by atoms with E-state index in [0.717, 1.165) is 24.9 Å². The molecule has 1 saturated heterocycles. The van der Waals surface area contributed by atoms with Gasteiger partial charge in [-0.1, -0.05) is 6.07 Å². The van der Waals surface area contributed by atoms with E-state index in [1.165, 1.54) is 11.1 Å². The predicted octanol–water partition coefficient (Wildman–Crippen LogP) is 0.173. The maximum atomic E-state index is 11.8. The summed E-state index contributed by atoms with van der Waals surface area (Å²) >= 11 is 0. The first-order valence-corrected chi connectivity index (χ1v) is 5.60. The Morgan fingerprint density at radius 1 is 1.31 bits per heavy atom. The zero-order valence-corrected chi connectivity index (χ0v) is 9.05. The highest BCUT2D eigenvalue weighted by Gasteiger charge is 2.44. The highest BCUT2D eigenvalue weighted by molar-refractivity contribution is 5.89. The summed E-state index contributed by atoms with van der Waals surface area (Å²) in [6, 6.07) is 5.99. The number of rotatable bonds is 0. The van der Waals surface area contributed by atoms with Gasteiger partial charge in [0, 0.05) is 5.69 Å². The number of carbonyl (C=O) groups excluding carboxylic acids is 1. The van der Waals surface area contributed by atoms with Crippen LogP contribution < -0.4 is 16.4 Å². The molecule has 1 unspecified atom stereocenters. The van der Waals surface area contributed by atoms with Gasteiger partial charge in [0.15, 0.2) is 0 Å². The van der Waals surface area contributed by atoms with Gasteiger partial charge in [-0.15, -0.1) is 0 Å². The van der Waals surface area contributed by atoms with Crippen molar-refractivity contribution in [2.24, 2.45) is 0 Å². The average molecular weight is 217 g/mol. The summed E-state index contributed by atoms with van der Waals surface area (Å²) in [5.74, 6) is 0.126. The number of carbonyl (C=O) groups is 1. The first-order valence-electron chi connectivity index (χ1n) is 5.60. The Morgan fingerprint density at radius 3 is 2.94 bits per heavy atom. The fourth-order valence-corrected chi connectivity index (χ4v) is 2.70. The fourth-order valence-electron chi connectivity index (χ4n) is 2.70. The first-order chi connectivity index (χ1) is 7.70. The van der Waals surface area contributed by atoms with E-state index in [4.69, 9.17) is 5.73 Å². The Labute approximate surface area is 94.2 Å². The van der Waals surface area contributed by atoms with Crippen LogP contribution in [0.15, 0.2) is 18.2 Å². The molecule has 84 valence electrons. The summed E-state index contributed by atoms with van der Waals surface area (Å²) in [7, 11) is 0. The van der Waals surface area contributed by atoms with Gasteiger partial charge >= 0.3 is 0 Å². The smallest absolute Gasteiger partial charge is 0.241 e. The highest BCUT2D eigenvalue weighted by atomic mass is 16.2. The minimum Gasteiger partial charge on any atom is -0.399 e. The van der Waals surface area contributed by atoms with Crippen molar-refractivity contribution in [1.29, 1.82) is 0 Å². The third-order valence-corrected chi connectivity index (χ3v) is 3.65. The number of anilines is 1. The van der Waals surface area contributed by atoms with Crippen molar-refractivity contribution in [1.82, 2.24) is 10.6 Å². The molecule has 1 aliphatic carbocycles. The number of nitrogens with one attached hydrogen (secondary N) is 2. The molecule has 1 fully saturated rings. The first kappa shape index (κ1) is 9.66. The van der Waals surface area contributed by atoms with Crippen molar-refractivity contribution in [3.63, 3.8) is 0 Å². The molecule has 1 aromatic rings. The standard InChI is InChI=1S/C12H15N3O/c13-10-2-1-8-3-4-12(6-9(8)5-10)11(16)14-7-15-12/h1-2,5,15H,3-4,6-7,13H2,(H,14,16). The van der Waals surface area contributed by atoms with Crippen LogP contribution >= 0.6 is 0 Å². The lowest BCUT2D eigenvalue weighted by Gasteiger charge is -2.32. The monoisotopic (exact) mass is 217 g/mol. The fraction of sp³-hybridized carbons (Fsp3) is 0.417. The van der Waals surface area contributed by atoms with Crippen LogP contribution in [0.3, 0.4) is 0 Å². The molecule has 2 aliphatic rings. The van der Waals surface area contributed by atoms with Crippen molar-refractivity contribution in [2.75, 3.05) is 12.4 Å². The number of fused-ring (bicyclic) bond motifs is 1. The van der Waals surface area contributed by atoms with Gasteiger partial charge in [0.2, 0.25) is 5.91 Å². The van der Waals surface area contributed by atoms with Crippen molar-refractivity contribution >= 4 is 11.6 Å². The lowest BCUT2D eigenvalue weighted by atomic mass is 9.78. The Morgan fingerprint density at radius 2 is 2.19 bits per heavy atom. The second-order valence-corrected chi connectivity index (χ2v) is 4.65. The van der Waals surface area contributed by atoms with Gasteiger partial charge in [-0.3, -0.25) is 10.1 Å². The Kier molecular flexibility index (Phi) is 1.94. The maximum Gasteiger partial charge on any atom is 0.241 e. The topological polar surface area (TPSA) is 67.2 Å². The maximum absolute atomic E-state index is 11.8. The number of aryl methyl sites for hydroxylation is 1. The number of nitrogens with two attached hydrogens (primary N) is 1. The van der Waals surface area contributed by atoms with E-state index in [2.05, 4.69) is 16.7 Å². The minimum atomic E-state index is -0.388. The molecule has 3 rings (SSSR count). The van der Waals surface area contributed by atoms with E-state index >= 15 is 0 Å². The second-order valence-electron chi connectivity index (χ2n) is 4.65. The summed E-state index contributed by atoms with van der Waals surface area (Å²) in [5.41, 5.74) is 8.69. The van der Waals surface area contributed by atoms with Crippen molar-refractivity contribution in [3.8, 4) is 0 Å². The molecule has 0 saturated carbocycles. The number of hydrogen-bond acceptors (Lipinski definition) is 3. The van der Waals surface area contributed by atoms with Crippen molar-refractivity contribution < 1.29 is 4.79 Å². The highest BCUT2D eigenvalue weighted by Crippen LogP contribution is 2.31. The SMILES string of the molecule is Nc1ccc2c(c1)CC1(CC2)NCNC1=O. The quantitative estimate of drug-likeness (QED) is 0.543. The van der Waals surface area contributed by atoms with Crippen LogP contribution in [0.4, 0.5) is 5.69 Å². The van der Waals surface area contributed by atoms with Gasteiger partial charge in [-0.25, -0.2) is 0 Å². The third kappa shape index (κ3) is 1.30. The molecule has 1 amide bonds. The lowest BCUT2D eigenvalue weighted by molar-refractivity contribution is -0.124. The van der Waals surface area contributed by atoms with Gasteiger partial charge in [-0.2, -0.15) is 0 Å². The summed E-state index contributed by atoms with van der Waals surface area (Å²) in [5, 5.41) is 6.12. The van der Waals surface area contributed by atoms with Crippen LogP contribution in [0.2, 0.25) is 0 Å². The number of amides is 1. The van der Waals surface area contributed by atoms with Crippen LogP contribution in [0, 0.1) is 0 Å². The van der Waals surface area contributed by atoms with E-state index < -0.39 is 0 Å². The summed E-state index contributed by atoms with van der Waals surface area (Å²) in [6.07, 6.45) is 2.56. The van der Waals surface area contributed by atoms with Crippen LogP contribution in [0.5, 0.6) is 0 Å². The second kappa shape index (κ2) is 3.22. The molecule has 1 heterocycles. The molecule has 1 aliphatic heterocycles. The van der Waals surface area contributed by atoms with E-state index in [1.54, 1.807) is 0 Å². The van der Waals surface area contributed by atoms with E-state index in [-0.39, 0.29) is 11.4 Å². The normalized spacial score (nSPS) is 27.9. The molecule has 0 aromatic heterocycles. The number of nitrogen functional groups attached to an aromatic ring is 1. The zero-order chi connectivity index (χ0) is 11.2. The molecular formula is C12H15N3O. The summed E-state index contributed by atoms with van der Waals surface area (Å²) < 4.78 is 0. The molecule has 1 aromatic carbocycles. The zero-order valence-electron chi connectivity index (χ0n) is 9.05. The molecular weight excluding hydrogens is 202 g/mol. The molecule has 4 N–H and O–H groups in total. The van der Waals surface area contributed by atoms with Gasteiger partial charge in [0.05, 0.1) is 6.67 Å². The van der Waals surface area contributed by atoms with Crippen LogP contribution in [-0.4, -0.2) is 18.1 Å². The van der Waals surface area contributed by atoms with Crippen molar-refractivity contribution in [2.45, 2.75) is 24.8 Å². The minimum absolute atomic E-state index is 0.126. The summed E-state index contributed by atoms with van der Waals surface area (Å²) in [6.45, 7) is 0.580. The van der Waals surface area contributed by atoms with Gasteiger partial charge in [0.1, 0.15) is 5.54 Å². The van der Waals surface area contributed by atoms with E-state index in [0.29, 0.717) is 6.67 Å². The predicted molar refractivity (Wildman–Crippen MR) is 61.8 cm³/mol. The van der Waals surface area contributed by atoms with Crippen LogP contribution in [-0.2, 0) is 17.6 Å². The van der Waals surface area contributed by atoms with E-state index in [1.807, 2.05) is 12.1 Å². The molecule has 4 nitrogen and oxygen atoms in total. The Bertz CT molecular complexity index is 458. The summed E-state index contributed by atoms with van der Waals surface area (Å²) in [4.78, 5) is 11.8.